The van der Waals surface area contributed by atoms with Gasteiger partial charge in [-0.25, -0.2) is 4.79 Å². The van der Waals surface area contributed by atoms with Gasteiger partial charge >= 0.3 is 12.1 Å². The van der Waals surface area contributed by atoms with E-state index >= 15 is 0 Å². The lowest BCUT2D eigenvalue weighted by Gasteiger charge is -2.19. The minimum Gasteiger partial charge on any atom is -0.481 e. The van der Waals surface area contributed by atoms with Crippen LogP contribution < -0.4 is 10.6 Å². The van der Waals surface area contributed by atoms with Crippen LogP contribution in [0.4, 0.5) is 4.79 Å². The molecule has 2 aromatic carbocycles. The molecular weight excluding hydrogens is 408 g/mol. The van der Waals surface area contributed by atoms with E-state index in [0.717, 1.165) is 35.1 Å². The van der Waals surface area contributed by atoms with Crippen LogP contribution in [0.2, 0.25) is 0 Å². The second-order valence-electron chi connectivity index (χ2n) is 8.21. The molecule has 0 fully saturated rings. The van der Waals surface area contributed by atoms with Crippen molar-refractivity contribution in [2.24, 2.45) is 5.92 Å². The van der Waals surface area contributed by atoms with Gasteiger partial charge in [0.15, 0.2) is 0 Å². The first-order valence-electron chi connectivity index (χ1n) is 11.0. The SMILES string of the molecule is CCC(C)CCNC(=O)C(CC(=O)O)NC(=O)OCC1c2ccccc2-c2ccccc21. The first-order valence-corrected chi connectivity index (χ1v) is 11.0. The van der Waals surface area contributed by atoms with Crippen LogP contribution in [0, 0.1) is 5.92 Å². The maximum absolute atomic E-state index is 12.4. The van der Waals surface area contributed by atoms with Crippen molar-refractivity contribution in [2.45, 2.75) is 45.1 Å². The molecule has 0 heterocycles. The van der Waals surface area contributed by atoms with Gasteiger partial charge in [-0.2, -0.15) is 0 Å². The lowest BCUT2D eigenvalue weighted by molar-refractivity contribution is -0.139. The van der Waals surface area contributed by atoms with E-state index in [4.69, 9.17) is 9.84 Å². The van der Waals surface area contributed by atoms with E-state index in [9.17, 15) is 14.4 Å². The van der Waals surface area contributed by atoms with Crippen LogP contribution >= 0.6 is 0 Å². The molecule has 1 aliphatic carbocycles. The highest BCUT2D eigenvalue weighted by Gasteiger charge is 2.30. The van der Waals surface area contributed by atoms with Crippen molar-refractivity contribution in [1.82, 2.24) is 10.6 Å². The number of ether oxygens (including phenoxy) is 1. The molecular formula is C25H30N2O5. The number of amides is 2. The molecule has 32 heavy (non-hydrogen) atoms. The number of hydrogen-bond acceptors (Lipinski definition) is 4. The Morgan fingerprint density at radius 3 is 2.19 bits per heavy atom. The number of benzene rings is 2. The van der Waals surface area contributed by atoms with Crippen LogP contribution in [0.3, 0.4) is 0 Å². The minimum atomic E-state index is -1.19. The lowest BCUT2D eigenvalue weighted by Crippen LogP contribution is -2.48. The van der Waals surface area contributed by atoms with Crippen LogP contribution in [-0.2, 0) is 14.3 Å². The summed E-state index contributed by atoms with van der Waals surface area (Å²) in [5, 5.41) is 14.3. The Morgan fingerprint density at radius 1 is 1.03 bits per heavy atom. The van der Waals surface area contributed by atoms with Crippen LogP contribution in [0.15, 0.2) is 48.5 Å². The fourth-order valence-corrected chi connectivity index (χ4v) is 3.94. The van der Waals surface area contributed by atoms with Gasteiger partial charge in [0.1, 0.15) is 12.6 Å². The van der Waals surface area contributed by atoms with E-state index in [1.165, 1.54) is 0 Å². The number of nitrogens with one attached hydrogen (secondary N) is 2. The molecule has 0 saturated heterocycles. The molecule has 0 radical (unpaired) electrons. The largest absolute Gasteiger partial charge is 0.481 e. The third-order valence-corrected chi connectivity index (χ3v) is 5.96. The van der Waals surface area contributed by atoms with Crippen LogP contribution in [0.25, 0.3) is 11.1 Å². The van der Waals surface area contributed by atoms with Gasteiger partial charge in [-0.3, -0.25) is 9.59 Å². The minimum absolute atomic E-state index is 0.0925. The summed E-state index contributed by atoms with van der Waals surface area (Å²) in [4.78, 5) is 36.1. The van der Waals surface area contributed by atoms with Gasteiger partial charge in [-0.15, -0.1) is 0 Å². The number of rotatable bonds is 10. The van der Waals surface area contributed by atoms with Crippen molar-refractivity contribution < 1.29 is 24.2 Å². The molecule has 7 nitrogen and oxygen atoms in total. The van der Waals surface area contributed by atoms with Gasteiger partial charge in [0, 0.05) is 12.5 Å². The Labute approximate surface area is 188 Å². The Kier molecular flexibility index (Phi) is 7.87. The average Bonchev–Trinajstić information content (AvgIpc) is 3.10. The highest BCUT2D eigenvalue weighted by atomic mass is 16.5. The molecule has 0 bridgehead atoms. The van der Waals surface area contributed by atoms with Crippen molar-refractivity contribution in [3.8, 4) is 11.1 Å². The second kappa shape index (κ2) is 10.8. The van der Waals surface area contributed by atoms with Crippen molar-refractivity contribution in [2.75, 3.05) is 13.2 Å². The summed E-state index contributed by atoms with van der Waals surface area (Å²) in [6, 6.07) is 14.8. The zero-order valence-electron chi connectivity index (χ0n) is 18.5. The fraction of sp³-hybridized carbons (Fsp3) is 0.400. The normalized spacial score (nSPS) is 14.1. The van der Waals surface area contributed by atoms with E-state index < -0.39 is 30.4 Å². The number of carbonyl (C=O) groups is 3. The van der Waals surface area contributed by atoms with Crippen LogP contribution in [0.5, 0.6) is 0 Å². The number of aliphatic carboxylic acids is 1. The van der Waals surface area contributed by atoms with Crippen molar-refractivity contribution in [3.05, 3.63) is 59.7 Å². The van der Waals surface area contributed by atoms with Gasteiger partial charge in [-0.1, -0.05) is 68.8 Å². The quantitative estimate of drug-likeness (QED) is 0.521. The van der Waals surface area contributed by atoms with E-state index in [1.807, 2.05) is 48.5 Å². The Hall–Kier alpha value is -3.35. The maximum atomic E-state index is 12.4. The predicted molar refractivity (Wildman–Crippen MR) is 121 cm³/mol. The molecule has 2 atom stereocenters. The van der Waals surface area contributed by atoms with E-state index in [-0.39, 0.29) is 12.5 Å². The molecule has 0 aromatic heterocycles. The number of carboxylic acid groups (broad SMARTS) is 1. The van der Waals surface area contributed by atoms with Gasteiger partial charge in [0.05, 0.1) is 6.42 Å². The van der Waals surface area contributed by atoms with E-state index in [2.05, 4.69) is 24.5 Å². The Morgan fingerprint density at radius 2 is 1.62 bits per heavy atom. The van der Waals surface area contributed by atoms with Gasteiger partial charge in [0.2, 0.25) is 5.91 Å². The highest BCUT2D eigenvalue weighted by molar-refractivity contribution is 5.89. The topological polar surface area (TPSA) is 105 Å². The zero-order valence-corrected chi connectivity index (χ0v) is 18.5. The van der Waals surface area contributed by atoms with E-state index in [1.54, 1.807) is 0 Å². The lowest BCUT2D eigenvalue weighted by atomic mass is 9.98. The highest BCUT2D eigenvalue weighted by Crippen LogP contribution is 2.44. The molecule has 0 saturated carbocycles. The van der Waals surface area contributed by atoms with Gasteiger partial charge in [-0.05, 0) is 34.6 Å². The maximum Gasteiger partial charge on any atom is 0.407 e. The van der Waals surface area contributed by atoms with Gasteiger partial charge < -0.3 is 20.5 Å². The van der Waals surface area contributed by atoms with Crippen molar-refractivity contribution >= 4 is 18.0 Å². The molecule has 3 N–H and O–H groups in total. The van der Waals surface area contributed by atoms with Crippen LogP contribution in [-0.4, -0.2) is 42.3 Å². The summed E-state index contributed by atoms with van der Waals surface area (Å²) in [6.45, 7) is 4.67. The molecule has 2 amide bonds. The summed E-state index contributed by atoms with van der Waals surface area (Å²) in [5.74, 6) is -1.37. The number of carbonyl (C=O) groups excluding carboxylic acids is 2. The van der Waals surface area contributed by atoms with Crippen molar-refractivity contribution in [3.63, 3.8) is 0 Å². The third-order valence-electron chi connectivity index (χ3n) is 5.96. The average molecular weight is 439 g/mol. The molecule has 3 rings (SSSR count). The predicted octanol–water partition coefficient (Wildman–Crippen LogP) is 3.92. The molecule has 2 aromatic rings. The zero-order chi connectivity index (χ0) is 23.1. The number of carboxylic acids is 1. The summed E-state index contributed by atoms with van der Waals surface area (Å²) in [6.07, 6.45) is 0.453. The summed E-state index contributed by atoms with van der Waals surface area (Å²) in [7, 11) is 0. The molecule has 0 aliphatic heterocycles. The molecule has 2 unspecified atom stereocenters. The Bertz CT molecular complexity index is 929. The van der Waals surface area contributed by atoms with E-state index in [0.29, 0.717) is 12.5 Å². The first-order chi connectivity index (χ1) is 15.4. The van der Waals surface area contributed by atoms with Gasteiger partial charge in [0.25, 0.3) is 0 Å². The molecule has 1 aliphatic rings. The Balaban J connectivity index is 1.60. The fourth-order valence-electron chi connectivity index (χ4n) is 3.94. The standard InChI is InChI=1S/C25H30N2O5/c1-3-16(2)12-13-26-24(30)22(14-23(28)29)27-25(31)32-15-21-19-10-6-4-8-17(19)18-9-5-7-11-20(18)21/h4-11,16,21-22H,3,12-15H2,1-2H3,(H,26,30)(H,27,31)(H,28,29). The van der Waals surface area contributed by atoms with Crippen LogP contribution in [0.1, 0.15) is 50.2 Å². The number of fused-ring (bicyclic) bond motifs is 3. The first kappa shape index (κ1) is 23.3. The van der Waals surface area contributed by atoms with Crippen molar-refractivity contribution in [1.29, 1.82) is 0 Å². The smallest absolute Gasteiger partial charge is 0.407 e. The number of hydrogen-bond donors (Lipinski definition) is 3. The summed E-state index contributed by atoms with van der Waals surface area (Å²) in [5.41, 5.74) is 4.38. The number of alkyl carbamates (subject to hydrolysis) is 1. The monoisotopic (exact) mass is 438 g/mol. The third kappa shape index (κ3) is 5.66. The molecule has 170 valence electrons. The molecule has 7 heteroatoms. The summed E-state index contributed by atoms with van der Waals surface area (Å²) < 4.78 is 5.44. The summed E-state index contributed by atoms with van der Waals surface area (Å²) >= 11 is 0. The second-order valence-corrected chi connectivity index (χ2v) is 8.21. The molecule has 0 spiro atoms.